The minimum atomic E-state index is -4.63. The smallest absolute Gasteiger partial charge is 0.339 e. The van der Waals surface area contributed by atoms with Crippen molar-refractivity contribution in [1.29, 1.82) is 0 Å². The molecule has 3 saturated heterocycles. The van der Waals surface area contributed by atoms with Gasteiger partial charge in [-0.2, -0.15) is 26.3 Å². The Morgan fingerprint density at radius 2 is 1.70 bits per heavy atom. The zero-order chi connectivity index (χ0) is 27.0. The first-order valence-electron chi connectivity index (χ1n) is 12.2. The van der Waals surface area contributed by atoms with E-state index in [0.717, 1.165) is 25.2 Å². The van der Waals surface area contributed by atoms with Gasteiger partial charge >= 0.3 is 12.4 Å². The molecule has 4 heterocycles. The van der Waals surface area contributed by atoms with Crippen LogP contribution in [-0.4, -0.2) is 82.2 Å². The van der Waals surface area contributed by atoms with Crippen LogP contribution >= 0.6 is 0 Å². The summed E-state index contributed by atoms with van der Waals surface area (Å²) >= 11 is 0. The van der Waals surface area contributed by atoms with Gasteiger partial charge in [0.25, 0.3) is 0 Å². The minimum Gasteiger partial charge on any atom is -0.339 e. The maximum absolute atomic E-state index is 13.3. The number of hydrogen-bond donors (Lipinski definition) is 2. The molecule has 2 amide bonds. The number of hydrogen-bond acceptors (Lipinski definition) is 7. The SMILES string of the molecule is C[C@H]1CC[C@@H](CCC(=O)N2CCN(c3ncc(C(F)(F)F)cn3)CC2)N1C1CC(C(F)(F)F)C(=O)NN1. The van der Waals surface area contributed by atoms with Crippen molar-refractivity contribution in [3.8, 4) is 0 Å². The Hall–Kier alpha value is -2.68. The lowest BCUT2D eigenvalue weighted by molar-refractivity contribution is -0.194. The Morgan fingerprint density at radius 1 is 1.05 bits per heavy atom. The first-order chi connectivity index (χ1) is 17.3. The number of aromatic nitrogens is 2. The fourth-order valence-corrected chi connectivity index (χ4v) is 5.29. The molecule has 0 bridgehead atoms. The maximum Gasteiger partial charge on any atom is 0.419 e. The van der Waals surface area contributed by atoms with Gasteiger partial charge in [0.15, 0.2) is 0 Å². The molecule has 0 saturated carbocycles. The lowest BCUT2D eigenvalue weighted by Gasteiger charge is -2.41. The van der Waals surface area contributed by atoms with Gasteiger partial charge in [0.05, 0.1) is 11.7 Å². The van der Waals surface area contributed by atoms with E-state index < -0.39 is 42.3 Å². The second-order valence-electron chi connectivity index (χ2n) is 9.68. The van der Waals surface area contributed by atoms with Crippen LogP contribution in [0.5, 0.6) is 0 Å². The van der Waals surface area contributed by atoms with Gasteiger partial charge in [-0.1, -0.05) is 0 Å². The summed E-state index contributed by atoms with van der Waals surface area (Å²) in [5.41, 5.74) is 3.93. The number of hydrazine groups is 1. The van der Waals surface area contributed by atoms with Crippen LogP contribution < -0.4 is 15.8 Å². The highest BCUT2D eigenvalue weighted by Crippen LogP contribution is 2.36. The summed E-state index contributed by atoms with van der Waals surface area (Å²) in [6.45, 7) is 3.38. The van der Waals surface area contributed by atoms with E-state index in [4.69, 9.17) is 0 Å². The molecule has 37 heavy (non-hydrogen) atoms. The highest BCUT2D eigenvalue weighted by atomic mass is 19.4. The fourth-order valence-electron chi connectivity index (χ4n) is 5.29. The Bertz CT molecular complexity index is 966. The van der Waals surface area contributed by atoms with Crippen LogP contribution in [0.1, 0.15) is 44.6 Å². The van der Waals surface area contributed by atoms with Gasteiger partial charge in [0.1, 0.15) is 5.92 Å². The minimum absolute atomic E-state index is 0.00577. The summed E-state index contributed by atoms with van der Waals surface area (Å²) in [5, 5.41) is 0. The van der Waals surface area contributed by atoms with Gasteiger partial charge in [0.2, 0.25) is 17.8 Å². The third-order valence-corrected chi connectivity index (χ3v) is 7.31. The zero-order valence-electron chi connectivity index (χ0n) is 20.1. The van der Waals surface area contributed by atoms with Gasteiger partial charge < -0.3 is 9.80 Å². The van der Waals surface area contributed by atoms with Gasteiger partial charge in [-0.25, -0.2) is 15.4 Å². The molecule has 0 aliphatic carbocycles. The third kappa shape index (κ3) is 6.25. The van der Waals surface area contributed by atoms with Crippen LogP contribution in [0, 0.1) is 5.92 Å². The number of nitrogens with one attached hydrogen (secondary N) is 2. The molecule has 4 rings (SSSR count). The number of anilines is 1. The van der Waals surface area contributed by atoms with Crippen LogP contribution in [0.15, 0.2) is 12.4 Å². The number of amides is 2. The largest absolute Gasteiger partial charge is 0.419 e. The first-order valence-corrected chi connectivity index (χ1v) is 12.2. The maximum atomic E-state index is 13.3. The molecule has 0 spiro atoms. The number of carbonyl (C=O) groups excluding carboxylic acids is 2. The number of piperazine rings is 1. The Labute approximate surface area is 209 Å². The van der Waals surface area contributed by atoms with E-state index in [0.29, 0.717) is 32.6 Å². The summed E-state index contributed by atoms with van der Waals surface area (Å²) in [6, 6.07) is -0.115. The van der Waals surface area contributed by atoms with E-state index >= 15 is 0 Å². The molecular formula is C22H29F6N7O2. The molecule has 4 atom stereocenters. The Morgan fingerprint density at radius 3 is 2.30 bits per heavy atom. The molecule has 0 radical (unpaired) electrons. The van der Waals surface area contributed by atoms with Crippen molar-refractivity contribution in [3.63, 3.8) is 0 Å². The average Bonchev–Trinajstić information content (AvgIpc) is 3.22. The quantitative estimate of drug-likeness (QED) is 0.557. The number of halogens is 6. The van der Waals surface area contributed by atoms with E-state index in [2.05, 4.69) is 20.8 Å². The number of carbonyl (C=O) groups is 2. The second kappa shape index (κ2) is 10.6. The highest BCUT2D eigenvalue weighted by molar-refractivity contribution is 5.79. The number of likely N-dealkylation sites (tertiary alicyclic amines) is 1. The molecule has 3 aliphatic rings. The molecule has 15 heteroatoms. The van der Waals surface area contributed by atoms with Crippen molar-refractivity contribution in [2.45, 2.75) is 69.6 Å². The summed E-state index contributed by atoms with van der Waals surface area (Å²) in [7, 11) is 0. The Balaban J connectivity index is 1.28. The van der Waals surface area contributed by atoms with Crippen molar-refractivity contribution < 1.29 is 35.9 Å². The van der Waals surface area contributed by atoms with E-state index in [1.54, 1.807) is 9.80 Å². The monoisotopic (exact) mass is 537 g/mol. The summed E-state index contributed by atoms with van der Waals surface area (Å²) in [4.78, 5) is 37.5. The van der Waals surface area contributed by atoms with Crippen molar-refractivity contribution in [3.05, 3.63) is 18.0 Å². The molecule has 1 aromatic rings. The Kier molecular flexibility index (Phi) is 7.83. The van der Waals surface area contributed by atoms with Crippen LogP contribution in [0.25, 0.3) is 0 Å². The molecule has 3 fully saturated rings. The molecular weight excluding hydrogens is 508 g/mol. The molecule has 0 aromatic carbocycles. The van der Waals surface area contributed by atoms with Gasteiger partial charge in [-0.3, -0.25) is 19.9 Å². The molecule has 2 N–H and O–H groups in total. The van der Waals surface area contributed by atoms with Crippen LogP contribution in [0.4, 0.5) is 32.3 Å². The van der Waals surface area contributed by atoms with Crippen molar-refractivity contribution in [2.75, 3.05) is 31.1 Å². The second-order valence-corrected chi connectivity index (χ2v) is 9.68. The molecule has 3 aliphatic heterocycles. The van der Waals surface area contributed by atoms with Crippen LogP contribution in [-0.2, 0) is 15.8 Å². The van der Waals surface area contributed by atoms with Gasteiger partial charge in [-0.05, 0) is 32.6 Å². The number of rotatable bonds is 5. The van der Waals surface area contributed by atoms with Gasteiger partial charge in [-0.15, -0.1) is 0 Å². The van der Waals surface area contributed by atoms with E-state index in [1.807, 2.05) is 11.8 Å². The van der Waals surface area contributed by atoms with E-state index in [1.165, 1.54) is 0 Å². The van der Waals surface area contributed by atoms with E-state index in [-0.39, 0.29) is 30.4 Å². The van der Waals surface area contributed by atoms with Crippen molar-refractivity contribution in [2.24, 2.45) is 5.92 Å². The van der Waals surface area contributed by atoms with Crippen molar-refractivity contribution in [1.82, 2.24) is 30.6 Å². The highest BCUT2D eigenvalue weighted by Gasteiger charge is 2.50. The normalized spacial score (nSPS) is 27.9. The number of alkyl halides is 6. The predicted octanol–water partition coefficient (Wildman–Crippen LogP) is 2.31. The topological polar surface area (TPSA) is 93.7 Å². The van der Waals surface area contributed by atoms with E-state index in [9.17, 15) is 35.9 Å². The van der Waals surface area contributed by atoms with Crippen LogP contribution in [0.3, 0.4) is 0 Å². The molecule has 206 valence electrons. The lowest BCUT2D eigenvalue weighted by atomic mass is 9.98. The third-order valence-electron chi connectivity index (χ3n) is 7.31. The summed E-state index contributed by atoms with van der Waals surface area (Å²) in [5.74, 6) is -3.10. The predicted molar refractivity (Wildman–Crippen MR) is 119 cm³/mol. The molecule has 2 unspecified atom stereocenters. The zero-order valence-corrected chi connectivity index (χ0v) is 20.1. The first kappa shape index (κ1) is 27.4. The number of nitrogens with zero attached hydrogens (tertiary/aromatic N) is 5. The average molecular weight is 538 g/mol. The van der Waals surface area contributed by atoms with Crippen LogP contribution in [0.2, 0.25) is 0 Å². The fraction of sp³-hybridized carbons (Fsp3) is 0.727. The molecule has 9 nitrogen and oxygen atoms in total. The standard InChI is InChI=1S/C22H29F6N7O2/c1-13-2-3-15(35(13)17-10-16(22(26,27)28)19(37)32-31-17)4-5-18(36)33-6-8-34(9-7-33)20-29-11-14(12-30-20)21(23,24)25/h11-13,15-17,31H,2-10H2,1H3,(H,32,37)/t13-,15-,16?,17?/m0/s1. The van der Waals surface area contributed by atoms with Crippen molar-refractivity contribution >= 4 is 17.8 Å². The van der Waals surface area contributed by atoms with Gasteiger partial charge in [0, 0.05) is 57.1 Å². The summed E-state index contributed by atoms with van der Waals surface area (Å²) < 4.78 is 78.0. The lowest BCUT2D eigenvalue weighted by Crippen LogP contribution is -2.63. The summed E-state index contributed by atoms with van der Waals surface area (Å²) in [6.07, 6.45) is -6.57. The molecule has 1 aromatic heterocycles.